The third-order valence-electron chi connectivity index (χ3n) is 11.1. The largest absolute Gasteiger partial charge is 0.349 e. The van der Waals surface area contributed by atoms with Crippen molar-refractivity contribution in [2.75, 3.05) is 13.6 Å². The standard InChI is InChI=1S/C24BF20.C19H41N/c26-5-1(6(27)14(35)21(42)13(5)34)25(2-7(28)15(36)22(43)16(37)8(2)29,3-9(30)17(38)23(44)18(39)10(3)31)4-11(32)19(40)24(45)20(41)12(4)33;1-3-4-5-6-7-8-9-10-11-12-13-14-15-16-17-18-19-20-2/h;20H,3-19H2,1-2H3/q-1;/p+1. The molecule has 0 bridgehead atoms. The summed E-state index contributed by atoms with van der Waals surface area (Å²) in [5.41, 5.74) is -14.3. The molecule has 1 nitrogen and oxygen atoms in total. The Kier molecular flexibility index (Phi) is 20.5. The molecule has 0 aromatic heterocycles. The topological polar surface area (TPSA) is 16.6 Å². The summed E-state index contributed by atoms with van der Waals surface area (Å²) in [6.07, 6.45) is 16.2. The SMILES string of the molecule is CCCCCCCCCCCCCCCCCC[NH2+]C.Fc1c(F)c(F)c([B-](c2c(F)c(F)c(F)c(F)c2F)(c2c(F)c(F)c(F)c(F)c2F)c2c(F)c(F)c(F)c(F)c2F)c(F)c1F. The first-order chi connectivity index (χ1) is 30.6. The highest BCUT2D eigenvalue weighted by Gasteiger charge is 2.52. The molecule has 0 radical (unpaired) electrons. The molecule has 22 heteroatoms. The Labute approximate surface area is 360 Å². The minimum absolute atomic E-state index is 1.32. The van der Waals surface area contributed by atoms with E-state index >= 15 is 35.1 Å². The predicted molar refractivity (Wildman–Crippen MR) is 201 cm³/mol. The second-order valence-electron chi connectivity index (χ2n) is 15.3. The predicted octanol–water partition coefficient (Wildman–Crippen LogP) is 11.3. The number of halogens is 20. The molecule has 0 amide bonds. The van der Waals surface area contributed by atoms with Gasteiger partial charge in [-0.2, -0.15) is 0 Å². The summed E-state index contributed by atoms with van der Waals surface area (Å²) < 4.78 is 294. The van der Waals surface area contributed by atoms with Crippen molar-refractivity contribution in [1.29, 1.82) is 0 Å². The van der Waals surface area contributed by atoms with Crippen molar-refractivity contribution in [3.05, 3.63) is 116 Å². The number of unbranched alkanes of at least 4 members (excludes halogenated alkanes) is 15. The van der Waals surface area contributed by atoms with Crippen LogP contribution in [0.2, 0.25) is 0 Å². The fourth-order valence-corrected chi connectivity index (χ4v) is 7.77. The Balaban J connectivity index is 0.000000473. The first-order valence-corrected chi connectivity index (χ1v) is 20.6. The molecule has 0 aliphatic rings. The number of hydrogen-bond donors (Lipinski definition) is 1. The van der Waals surface area contributed by atoms with Crippen molar-refractivity contribution < 1.29 is 93.1 Å². The van der Waals surface area contributed by atoms with Crippen LogP contribution in [0.15, 0.2) is 0 Å². The first kappa shape index (κ1) is 54.8. The Hall–Kier alpha value is -4.50. The van der Waals surface area contributed by atoms with Gasteiger partial charge in [0, 0.05) is 0 Å². The van der Waals surface area contributed by atoms with Crippen molar-refractivity contribution in [1.82, 2.24) is 0 Å². The van der Waals surface area contributed by atoms with Crippen molar-refractivity contribution in [2.24, 2.45) is 0 Å². The van der Waals surface area contributed by atoms with Gasteiger partial charge < -0.3 is 5.32 Å². The van der Waals surface area contributed by atoms with E-state index in [9.17, 15) is 52.7 Å². The number of benzene rings is 4. The average Bonchev–Trinajstić information content (AvgIpc) is 3.29. The first-order valence-electron chi connectivity index (χ1n) is 20.6. The molecule has 0 spiro atoms. The highest BCUT2D eigenvalue weighted by Crippen LogP contribution is 2.31. The normalized spacial score (nSPS) is 11.7. The van der Waals surface area contributed by atoms with Gasteiger partial charge in [0.1, 0.15) is 52.7 Å². The zero-order valence-electron chi connectivity index (χ0n) is 34.7. The van der Waals surface area contributed by atoms with Crippen molar-refractivity contribution in [3.8, 4) is 0 Å². The maximum Gasteiger partial charge on any atom is 0.200 e. The molecule has 2 N–H and O–H groups in total. The van der Waals surface area contributed by atoms with Crippen LogP contribution in [0.1, 0.15) is 110 Å². The lowest BCUT2D eigenvalue weighted by atomic mass is 9.12. The van der Waals surface area contributed by atoms with Crippen molar-refractivity contribution in [3.63, 3.8) is 0 Å². The fraction of sp³-hybridized carbons (Fsp3) is 0.442. The fourth-order valence-electron chi connectivity index (χ4n) is 7.77. The third-order valence-corrected chi connectivity index (χ3v) is 11.1. The van der Waals surface area contributed by atoms with Crippen LogP contribution in [-0.2, 0) is 0 Å². The van der Waals surface area contributed by atoms with Crippen LogP contribution in [0.25, 0.3) is 0 Å². The Morgan fingerprint density at radius 2 is 0.400 bits per heavy atom. The Bertz CT molecular complexity index is 1880. The van der Waals surface area contributed by atoms with E-state index in [2.05, 4.69) is 19.3 Å². The highest BCUT2D eigenvalue weighted by molar-refractivity contribution is 7.20. The van der Waals surface area contributed by atoms with Gasteiger partial charge in [-0.15, -0.1) is 21.9 Å². The molecule has 4 aromatic carbocycles. The third kappa shape index (κ3) is 11.2. The van der Waals surface area contributed by atoms with E-state index in [1.165, 1.54) is 109 Å². The summed E-state index contributed by atoms with van der Waals surface area (Å²) in [5.74, 6) is -71.4. The Morgan fingerprint density at radius 3 is 0.569 bits per heavy atom. The van der Waals surface area contributed by atoms with Gasteiger partial charge in [-0.1, -0.05) is 96.8 Å². The van der Waals surface area contributed by atoms with Gasteiger partial charge in [0.25, 0.3) is 0 Å². The molecule has 0 aliphatic heterocycles. The van der Waals surface area contributed by atoms with Gasteiger partial charge in [-0.3, -0.25) is 0 Å². The van der Waals surface area contributed by atoms with Crippen LogP contribution in [0, 0.1) is 116 Å². The average molecular weight is 964 g/mol. The van der Waals surface area contributed by atoms with E-state index in [0.29, 0.717) is 0 Å². The van der Waals surface area contributed by atoms with Crippen LogP contribution in [0.4, 0.5) is 87.8 Å². The number of nitrogens with two attached hydrogens (primary N) is 1. The van der Waals surface area contributed by atoms with Crippen molar-refractivity contribution >= 4 is 28.0 Å². The molecule has 0 atom stereocenters. The summed E-state index contributed by atoms with van der Waals surface area (Å²) in [7, 11) is 2.17. The monoisotopic (exact) mass is 963 g/mol. The van der Waals surface area contributed by atoms with Crippen LogP contribution in [0.3, 0.4) is 0 Å². The Morgan fingerprint density at radius 1 is 0.246 bits per heavy atom. The summed E-state index contributed by atoms with van der Waals surface area (Å²) in [4.78, 5) is 0. The lowest BCUT2D eigenvalue weighted by Crippen LogP contribution is -2.81. The summed E-state index contributed by atoms with van der Waals surface area (Å²) >= 11 is 0. The van der Waals surface area contributed by atoms with E-state index in [1.807, 2.05) is 0 Å². The maximum absolute atomic E-state index is 15.4. The molecule has 4 rings (SSSR count). The van der Waals surface area contributed by atoms with Crippen molar-refractivity contribution in [2.45, 2.75) is 110 Å². The highest BCUT2D eigenvalue weighted by atomic mass is 19.2. The van der Waals surface area contributed by atoms with Crippen LogP contribution in [-0.4, -0.2) is 19.7 Å². The number of rotatable bonds is 21. The lowest BCUT2D eigenvalue weighted by molar-refractivity contribution is -0.627. The molecule has 0 saturated heterocycles. The molecule has 0 heterocycles. The van der Waals surface area contributed by atoms with Gasteiger partial charge >= 0.3 is 0 Å². The van der Waals surface area contributed by atoms with Gasteiger partial charge in [0.05, 0.1) is 13.6 Å². The second kappa shape index (κ2) is 24.3. The molecule has 65 heavy (non-hydrogen) atoms. The van der Waals surface area contributed by atoms with Gasteiger partial charge in [0.2, 0.25) is 0 Å². The van der Waals surface area contributed by atoms with Gasteiger partial charge in [-0.05, 0) is 12.8 Å². The minimum Gasteiger partial charge on any atom is -0.349 e. The molecule has 0 saturated carbocycles. The number of quaternary nitrogens is 1. The summed E-state index contributed by atoms with van der Waals surface area (Å²) in [5, 5.41) is 2.30. The number of hydrogen-bond acceptors (Lipinski definition) is 0. The quantitative estimate of drug-likeness (QED) is 0.0282. The van der Waals surface area contributed by atoms with E-state index in [0.717, 1.165) is 0 Å². The van der Waals surface area contributed by atoms with E-state index < -0.39 is 144 Å². The molecule has 0 aliphatic carbocycles. The van der Waals surface area contributed by atoms with Crippen LogP contribution < -0.4 is 27.2 Å². The molecular formula is C43H42BF20N. The zero-order valence-corrected chi connectivity index (χ0v) is 34.7. The molecule has 0 fully saturated rings. The summed E-state index contributed by atoms with van der Waals surface area (Å²) in [6, 6.07) is 0. The van der Waals surface area contributed by atoms with E-state index in [1.54, 1.807) is 0 Å². The summed E-state index contributed by atoms with van der Waals surface area (Å²) in [6.45, 7) is 3.61. The lowest BCUT2D eigenvalue weighted by Gasteiger charge is -2.44. The van der Waals surface area contributed by atoms with Crippen LogP contribution >= 0.6 is 0 Å². The second-order valence-corrected chi connectivity index (χ2v) is 15.3. The smallest absolute Gasteiger partial charge is 0.200 e. The van der Waals surface area contributed by atoms with Gasteiger partial charge in [-0.25, -0.2) is 87.8 Å². The minimum atomic E-state index is -7.22. The van der Waals surface area contributed by atoms with E-state index in [4.69, 9.17) is 0 Å². The maximum atomic E-state index is 15.4. The molecule has 4 aromatic rings. The molecule has 0 unspecified atom stereocenters. The van der Waals surface area contributed by atoms with E-state index in [-0.39, 0.29) is 0 Å². The molecule has 362 valence electrons. The zero-order chi connectivity index (χ0) is 49.1. The molecular weight excluding hydrogens is 921 g/mol. The van der Waals surface area contributed by atoms with Gasteiger partial charge in [0.15, 0.2) is 69.8 Å². The van der Waals surface area contributed by atoms with Crippen LogP contribution in [0.5, 0.6) is 0 Å².